The number of hydrogen-bond acceptors (Lipinski definition) is 4. The zero-order valence-electron chi connectivity index (χ0n) is 12.4. The van der Waals surface area contributed by atoms with E-state index in [0.29, 0.717) is 32.5 Å². The molecule has 0 spiro atoms. The second kappa shape index (κ2) is 9.77. The Hall–Kier alpha value is -2.08. The fraction of sp³-hybridized carbons (Fsp3) is 0.467. The molecule has 1 rings (SSSR count). The average Bonchev–Trinajstić information content (AvgIpc) is 2.47. The lowest BCUT2D eigenvalue weighted by Gasteiger charge is -2.17. The Kier molecular flexibility index (Phi) is 7.89. The lowest BCUT2D eigenvalue weighted by atomic mass is 10.1. The van der Waals surface area contributed by atoms with Gasteiger partial charge in [0, 0.05) is 13.1 Å². The van der Waals surface area contributed by atoms with Crippen molar-refractivity contribution in [2.45, 2.75) is 32.4 Å². The van der Waals surface area contributed by atoms with Crippen LogP contribution in [0.2, 0.25) is 0 Å². The summed E-state index contributed by atoms with van der Waals surface area (Å²) in [6.07, 6.45) is 1.34. The van der Waals surface area contributed by atoms with Gasteiger partial charge in [0.1, 0.15) is 6.04 Å². The van der Waals surface area contributed by atoms with E-state index in [1.807, 2.05) is 30.3 Å². The van der Waals surface area contributed by atoms with Gasteiger partial charge in [-0.05, 0) is 25.3 Å². The topological polar surface area (TPSA) is 103 Å². The first-order valence-corrected chi connectivity index (χ1v) is 7.12. The van der Waals surface area contributed by atoms with E-state index in [1.165, 1.54) is 0 Å². The van der Waals surface area contributed by atoms with E-state index in [9.17, 15) is 4.79 Å². The molecule has 0 aliphatic heterocycles. The van der Waals surface area contributed by atoms with Crippen LogP contribution in [0.25, 0.3) is 0 Å². The van der Waals surface area contributed by atoms with Crippen molar-refractivity contribution in [3.8, 4) is 0 Å². The summed E-state index contributed by atoms with van der Waals surface area (Å²) in [5.74, 6) is -0.168. The van der Waals surface area contributed by atoms with E-state index in [1.54, 1.807) is 6.92 Å². The molecule has 0 aliphatic carbocycles. The zero-order chi connectivity index (χ0) is 15.5. The highest BCUT2D eigenvalue weighted by molar-refractivity contribution is 5.76. The summed E-state index contributed by atoms with van der Waals surface area (Å²) in [5, 5.41) is 3.22. The van der Waals surface area contributed by atoms with Crippen LogP contribution in [-0.2, 0) is 16.1 Å². The minimum atomic E-state index is -0.348. The molecule has 1 aromatic carbocycles. The highest BCUT2D eigenvalue weighted by atomic mass is 16.5. The standard InChI is InChI=1S/C15H24N4O2/c1-2-21-14(20)13(9-6-10-18-15(16)17)19-11-12-7-4-3-5-8-12/h3-5,7-8,13,19H,2,6,9-11H2,1H3,(H4,16,17,18). The molecule has 0 fully saturated rings. The summed E-state index contributed by atoms with van der Waals surface area (Å²) in [4.78, 5) is 15.8. The number of nitrogens with zero attached hydrogens (tertiary/aromatic N) is 1. The second-order valence-electron chi connectivity index (χ2n) is 4.62. The summed E-state index contributed by atoms with van der Waals surface area (Å²) in [5.41, 5.74) is 11.7. The van der Waals surface area contributed by atoms with Gasteiger partial charge in [-0.15, -0.1) is 0 Å². The largest absolute Gasteiger partial charge is 0.465 e. The van der Waals surface area contributed by atoms with Gasteiger partial charge in [0.05, 0.1) is 6.61 Å². The number of ether oxygens (including phenoxy) is 1. The lowest BCUT2D eigenvalue weighted by Crippen LogP contribution is -2.38. The quantitative estimate of drug-likeness (QED) is 0.270. The van der Waals surface area contributed by atoms with Crippen molar-refractivity contribution >= 4 is 11.9 Å². The van der Waals surface area contributed by atoms with Crippen molar-refractivity contribution in [1.82, 2.24) is 5.32 Å². The Morgan fingerprint density at radius 3 is 2.67 bits per heavy atom. The SMILES string of the molecule is CCOC(=O)C(CCCN=C(N)N)NCc1ccccc1. The summed E-state index contributed by atoms with van der Waals surface area (Å²) in [7, 11) is 0. The molecule has 0 radical (unpaired) electrons. The van der Waals surface area contributed by atoms with Crippen molar-refractivity contribution in [2.75, 3.05) is 13.2 Å². The van der Waals surface area contributed by atoms with Crippen molar-refractivity contribution in [2.24, 2.45) is 16.5 Å². The van der Waals surface area contributed by atoms with Gasteiger partial charge in [0.25, 0.3) is 0 Å². The van der Waals surface area contributed by atoms with Crippen LogP contribution in [0, 0.1) is 0 Å². The van der Waals surface area contributed by atoms with E-state index in [2.05, 4.69) is 10.3 Å². The highest BCUT2D eigenvalue weighted by Crippen LogP contribution is 2.04. The van der Waals surface area contributed by atoms with Crippen LogP contribution in [0.4, 0.5) is 0 Å². The minimum absolute atomic E-state index is 0.0694. The summed E-state index contributed by atoms with van der Waals surface area (Å²) < 4.78 is 5.08. The molecule has 0 aromatic heterocycles. The van der Waals surface area contributed by atoms with Crippen LogP contribution in [0.15, 0.2) is 35.3 Å². The molecular formula is C15H24N4O2. The summed E-state index contributed by atoms with van der Waals surface area (Å²) in [6, 6.07) is 9.56. The fourth-order valence-electron chi connectivity index (χ4n) is 1.89. The normalized spacial score (nSPS) is 11.7. The molecular weight excluding hydrogens is 268 g/mol. The number of benzene rings is 1. The molecule has 5 N–H and O–H groups in total. The summed E-state index contributed by atoms with van der Waals surface area (Å²) >= 11 is 0. The van der Waals surface area contributed by atoms with Crippen molar-refractivity contribution in [3.63, 3.8) is 0 Å². The average molecular weight is 292 g/mol. The maximum absolute atomic E-state index is 11.9. The van der Waals surface area contributed by atoms with E-state index >= 15 is 0 Å². The smallest absolute Gasteiger partial charge is 0.323 e. The first kappa shape index (κ1) is 17.0. The van der Waals surface area contributed by atoms with Crippen LogP contribution in [0.3, 0.4) is 0 Å². The third-order valence-corrected chi connectivity index (χ3v) is 2.91. The molecule has 0 saturated heterocycles. The number of nitrogens with one attached hydrogen (secondary N) is 1. The first-order valence-electron chi connectivity index (χ1n) is 7.12. The number of carbonyl (C=O) groups excluding carboxylic acids is 1. The Balaban J connectivity index is 2.48. The number of hydrogen-bond donors (Lipinski definition) is 3. The first-order chi connectivity index (χ1) is 10.1. The number of nitrogens with two attached hydrogens (primary N) is 2. The third kappa shape index (κ3) is 7.31. The Labute approximate surface area is 125 Å². The van der Waals surface area contributed by atoms with Gasteiger partial charge in [-0.25, -0.2) is 0 Å². The molecule has 6 nitrogen and oxygen atoms in total. The Bertz CT molecular complexity index is 444. The third-order valence-electron chi connectivity index (χ3n) is 2.91. The second-order valence-corrected chi connectivity index (χ2v) is 4.62. The zero-order valence-corrected chi connectivity index (χ0v) is 12.4. The van der Waals surface area contributed by atoms with Gasteiger partial charge in [0.2, 0.25) is 0 Å². The van der Waals surface area contributed by atoms with Crippen LogP contribution in [0.1, 0.15) is 25.3 Å². The molecule has 0 bridgehead atoms. The number of rotatable bonds is 9. The number of guanidine groups is 1. The molecule has 1 unspecified atom stereocenters. The van der Waals surface area contributed by atoms with Crippen LogP contribution in [-0.4, -0.2) is 31.1 Å². The highest BCUT2D eigenvalue weighted by Gasteiger charge is 2.18. The Morgan fingerprint density at radius 2 is 2.05 bits per heavy atom. The van der Waals surface area contributed by atoms with Crippen LogP contribution in [0.5, 0.6) is 0 Å². The van der Waals surface area contributed by atoms with Gasteiger partial charge in [-0.1, -0.05) is 30.3 Å². The maximum Gasteiger partial charge on any atom is 0.323 e. The van der Waals surface area contributed by atoms with Crippen molar-refractivity contribution < 1.29 is 9.53 Å². The van der Waals surface area contributed by atoms with Crippen LogP contribution >= 0.6 is 0 Å². The van der Waals surface area contributed by atoms with Gasteiger partial charge in [0.15, 0.2) is 5.96 Å². The molecule has 0 saturated carbocycles. The number of esters is 1. The molecule has 0 amide bonds. The van der Waals surface area contributed by atoms with Gasteiger partial charge in [-0.2, -0.15) is 0 Å². The number of carbonyl (C=O) groups is 1. The predicted octanol–water partition coefficient (Wildman–Crippen LogP) is 0.762. The van der Waals surface area contributed by atoms with E-state index < -0.39 is 0 Å². The lowest BCUT2D eigenvalue weighted by molar-refractivity contribution is -0.145. The van der Waals surface area contributed by atoms with E-state index in [-0.39, 0.29) is 18.0 Å². The van der Waals surface area contributed by atoms with E-state index in [0.717, 1.165) is 5.56 Å². The summed E-state index contributed by atoms with van der Waals surface area (Å²) in [6.45, 7) is 3.29. The predicted molar refractivity (Wildman–Crippen MR) is 83.6 cm³/mol. The molecule has 21 heavy (non-hydrogen) atoms. The molecule has 1 atom stereocenters. The molecule has 116 valence electrons. The van der Waals surface area contributed by atoms with Crippen molar-refractivity contribution in [3.05, 3.63) is 35.9 Å². The van der Waals surface area contributed by atoms with Crippen LogP contribution < -0.4 is 16.8 Å². The van der Waals surface area contributed by atoms with Gasteiger partial charge < -0.3 is 21.5 Å². The molecule has 6 heteroatoms. The minimum Gasteiger partial charge on any atom is -0.465 e. The maximum atomic E-state index is 11.9. The van der Waals surface area contributed by atoms with E-state index in [4.69, 9.17) is 16.2 Å². The fourth-order valence-corrected chi connectivity index (χ4v) is 1.89. The van der Waals surface area contributed by atoms with Gasteiger partial charge in [-0.3, -0.25) is 9.79 Å². The molecule has 1 aromatic rings. The van der Waals surface area contributed by atoms with Gasteiger partial charge >= 0.3 is 5.97 Å². The van der Waals surface area contributed by atoms with Crippen molar-refractivity contribution in [1.29, 1.82) is 0 Å². The Morgan fingerprint density at radius 1 is 1.33 bits per heavy atom. The molecule has 0 aliphatic rings. The monoisotopic (exact) mass is 292 g/mol. The molecule has 0 heterocycles. The number of aliphatic imine (C=N–C) groups is 1.